The Bertz CT molecular complexity index is 804. The first-order valence-corrected chi connectivity index (χ1v) is 6.82. The van der Waals surface area contributed by atoms with Crippen molar-refractivity contribution in [3.8, 4) is 0 Å². The molecule has 0 saturated carbocycles. The Hall–Kier alpha value is -2.57. The maximum Gasteiger partial charge on any atom is 0.413 e. The van der Waals surface area contributed by atoms with Gasteiger partial charge in [0.25, 0.3) is 0 Å². The fourth-order valence-electron chi connectivity index (χ4n) is 2.28. The summed E-state index contributed by atoms with van der Waals surface area (Å²) in [5.74, 6) is 0.340. The highest BCUT2D eigenvalue weighted by Crippen LogP contribution is 2.23. The second-order valence-corrected chi connectivity index (χ2v) is 4.87. The highest BCUT2D eigenvalue weighted by Gasteiger charge is 2.11. The number of aromatic amines is 1. The van der Waals surface area contributed by atoms with E-state index < -0.39 is 6.09 Å². The number of H-pyrrole nitrogens is 1. The summed E-state index contributed by atoms with van der Waals surface area (Å²) in [6, 6.07) is 15.4. The third kappa shape index (κ3) is 3.61. The molecule has 2 aromatic carbocycles. The van der Waals surface area contributed by atoms with Crippen LogP contribution in [0.15, 0.2) is 48.5 Å². The summed E-state index contributed by atoms with van der Waals surface area (Å²) in [6.07, 6.45) is -0.569. The van der Waals surface area contributed by atoms with Crippen LogP contribution in [0.25, 0.3) is 11.0 Å². The monoisotopic (exact) mass is 332 g/mol. The summed E-state index contributed by atoms with van der Waals surface area (Å²) in [4.78, 5) is 18.5. The number of imidazole rings is 1. The second-order valence-electron chi connectivity index (χ2n) is 4.87. The SMILES string of the molecule is COC(=O)Nc1nc2ccc(C(N)c3ccccc3)cc2[nH]1.Cl. The van der Waals surface area contributed by atoms with Crippen molar-refractivity contribution >= 4 is 35.5 Å². The van der Waals surface area contributed by atoms with Crippen molar-refractivity contribution in [3.05, 3.63) is 59.7 Å². The summed E-state index contributed by atoms with van der Waals surface area (Å²) < 4.78 is 4.54. The number of ether oxygens (including phenoxy) is 1. The zero-order valence-corrected chi connectivity index (χ0v) is 13.3. The van der Waals surface area contributed by atoms with Crippen LogP contribution in [0.4, 0.5) is 10.7 Å². The molecule has 0 bridgehead atoms. The molecule has 3 aromatic rings. The minimum Gasteiger partial charge on any atom is -0.453 e. The van der Waals surface area contributed by atoms with E-state index in [9.17, 15) is 4.79 Å². The molecule has 7 heteroatoms. The van der Waals surface area contributed by atoms with Crippen LogP contribution in [0.5, 0.6) is 0 Å². The van der Waals surface area contributed by atoms with Gasteiger partial charge in [0, 0.05) is 0 Å². The van der Waals surface area contributed by atoms with Crippen LogP contribution in [-0.4, -0.2) is 23.2 Å². The number of nitrogens with one attached hydrogen (secondary N) is 2. The highest BCUT2D eigenvalue weighted by molar-refractivity contribution is 5.86. The van der Waals surface area contributed by atoms with Gasteiger partial charge in [-0.3, -0.25) is 5.32 Å². The molecule has 0 spiro atoms. The fourth-order valence-corrected chi connectivity index (χ4v) is 2.28. The van der Waals surface area contributed by atoms with Crippen LogP contribution in [0.3, 0.4) is 0 Å². The van der Waals surface area contributed by atoms with Crippen molar-refractivity contribution in [3.63, 3.8) is 0 Å². The number of carbonyl (C=O) groups is 1. The number of anilines is 1. The van der Waals surface area contributed by atoms with Crippen LogP contribution in [-0.2, 0) is 4.74 Å². The first-order valence-electron chi connectivity index (χ1n) is 6.82. The number of halogens is 1. The smallest absolute Gasteiger partial charge is 0.413 e. The van der Waals surface area contributed by atoms with Gasteiger partial charge in [-0.1, -0.05) is 36.4 Å². The maximum absolute atomic E-state index is 11.2. The van der Waals surface area contributed by atoms with Crippen LogP contribution in [0, 0.1) is 0 Å². The predicted octanol–water partition coefficient (Wildman–Crippen LogP) is 3.21. The lowest BCUT2D eigenvalue weighted by molar-refractivity contribution is 0.186. The Morgan fingerprint density at radius 3 is 2.65 bits per heavy atom. The van der Waals surface area contributed by atoms with E-state index in [2.05, 4.69) is 20.0 Å². The molecular weight excluding hydrogens is 316 g/mol. The van der Waals surface area contributed by atoms with Crippen LogP contribution < -0.4 is 11.1 Å². The van der Waals surface area contributed by atoms with E-state index in [1.54, 1.807) is 0 Å². The van der Waals surface area contributed by atoms with Crippen LogP contribution in [0.1, 0.15) is 17.2 Å². The normalized spacial score (nSPS) is 11.6. The number of fused-ring (bicyclic) bond motifs is 1. The van der Waals surface area contributed by atoms with Gasteiger partial charge in [-0.2, -0.15) is 0 Å². The van der Waals surface area contributed by atoms with Crippen molar-refractivity contribution < 1.29 is 9.53 Å². The molecule has 1 amide bonds. The molecular formula is C16H17ClN4O2. The molecule has 0 radical (unpaired) electrons. The molecule has 1 heterocycles. The molecule has 0 fully saturated rings. The standard InChI is InChI=1S/C16H16N4O2.ClH/c1-22-16(21)20-15-18-12-8-7-11(9-13(12)19-15)14(17)10-5-3-2-4-6-10;/h2-9,14H,17H2,1H3,(H2,18,19,20,21);1H. The van der Waals surface area contributed by atoms with E-state index in [1.165, 1.54) is 7.11 Å². The number of nitrogens with two attached hydrogens (primary N) is 1. The van der Waals surface area contributed by atoms with Gasteiger partial charge >= 0.3 is 6.09 Å². The van der Waals surface area contributed by atoms with Crippen molar-refractivity contribution in [2.45, 2.75) is 6.04 Å². The number of nitrogens with zero attached hydrogens (tertiary/aromatic N) is 1. The molecule has 6 nitrogen and oxygen atoms in total. The lowest BCUT2D eigenvalue weighted by Crippen LogP contribution is -2.11. The summed E-state index contributed by atoms with van der Waals surface area (Å²) >= 11 is 0. The molecule has 3 rings (SSSR count). The zero-order chi connectivity index (χ0) is 15.5. The Kier molecular flexibility index (Phi) is 5.20. The maximum atomic E-state index is 11.2. The van der Waals surface area contributed by atoms with E-state index in [0.717, 1.165) is 22.2 Å². The summed E-state index contributed by atoms with van der Waals surface area (Å²) in [6.45, 7) is 0. The highest BCUT2D eigenvalue weighted by atomic mass is 35.5. The lowest BCUT2D eigenvalue weighted by Gasteiger charge is -2.12. The Balaban J connectivity index is 0.00000192. The number of carbonyl (C=O) groups excluding carboxylic acids is 1. The number of benzene rings is 2. The van der Waals surface area contributed by atoms with Gasteiger partial charge in [0.2, 0.25) is 5.95 Å². The van der Waals surface area contributed by atoms with E-state index >= 15 is 0 Å². The lowest BCUT2D eigenvalue weighted by atomic mass is 9.99. The van der Waals surface area contributed by atoms with Gasteiger partial charge < -0.3 is 15.5 Å². The van der Waals surface area contributed by atoms with Crippen molar-refractivity contribution in [1.29, 1.82) is 0 Å². The van der Waals surface area contributed by atoms with Crippen LogP contribution in [0.2, 0.25) is 0 Å². The van der Waals surface area contributed by atoms with E-state index in [0.29, 0.717) is 5.95 Å². The number of hydrogen-bond donors (Lipinski definition) is 3. The van der Waals surface area contributed by atoms with Gasteiger partial charge in [-0.15, -0.1) is 12.4 Å². The van der Waals surface area contributed by atoms with E-state index in [1.807, 2.05) is 48.5 Å². The van der Waals surface area contributed by atoms with Gasteiger partial charge in [0.1, 0.15) is 0 Å². The number of hydrogen-bond acceptors (Lipinski definition) is 4. The van der Waals surface area contributed by atoms with Gasteiger partial charge in [0.05, 0.1) is 24.2 Å². The average Bonchev–Trinajstić information content (AvgIpc) is 2.96. The number of amides is 1. The molecule has 0 saturated heterocycles. The first kappa shape index (κ1) is 16.8. The van der Waals surface area contributed by atoms with Crippen molar-refractivity contribution in [2.24, 2.45) is 5.73 Å². The van der Waals surface area contributed by atoms with Gasteiger partial charge in [0.15, 0.2) is 0 Å². The minimum atomic E-state index is -0.569. The van der Waals surface area contributed by atoms with E-state index in [-0.39, 0.29) is 18.4 Å². The van der Waals surface area contributed by atoms with Gasteiger partial charge in [-0.25, -0.2) is 9.78 Å². The quantitative estimate of drug-likeness (QED) is 0.686. The molecule has 0 aliphatic rings. The molecule has 0 aliphatic carbocycles. The molecule has 0 aliphatic heterocycles. The number of aromatic nitrogens is 2. The molecule has 23 heavy (non-hydrogen) atoms. The van der Waals surface area contributed by atoms with Gasteiger partial charge in [-0.05, 0) is 23.3 Å². The third-order valence-corrected chi connectivity index (χ3v) is 3.43. The Morgan fingerprint density at radius 2 is 1.96 bits per heavy atom. The molecule has 1 atom stereocenters. The zero-order valence-electron chi connectivity index (χ0n) is 12.4. The Labute approximate surface area is 139 Å². The third-order valence-electron chi connectivity index (χ3n) is 3.43. The summed E-state index contributed by atoms with van der Waals surface area (Å²) in [5.41, 5.74) is 9.84. The largest absolute Gasteiger partial charge is 0.453 e. The summed E-state index contributed by atoms with van der Waals surface area (Å²) in [5, 5.41) is 2.50. The first-order chi connectivity index (χ1) is 10.7. The predicted molar refractivity (Wildman–Crippen MR) is 91.8 cm³/mol. The molecule has 1 unspecified atom stereocenters. The van der Waals surface area contributed by atoms with Crippen molar-refractivity contribution in [1.82, 2.24) is 9.97 Å². The van der Waals surface area contributed by atoms with Crippen molar-refractivity contribution in [2.75, 3.05) is 12.4 Å². The molecule has 120 valence electrons. The molecule has 4 N–H and O–H groups in total. The van der Waals surface area contributed by atoms with E-state index in [4.69, 9.17) is 5.73 Å². The minimum absolute atomic E-state index is 0. The fraction of sp³-hybridized carbons (Fsp3) is 0.125. The number of methoxy groups -OCH3 is 1. The Morgan fingerprint density at radius 1 is 1.22 bits per heavy atom. The van der Waals surface area contributed by atoms with Crippen LogP contribution >= 0.6 is 12.4 Å². The topological polar surface area (TPSA) is 93.0 Å². The average molecular weight is 333 g/mol. The second kappa shape index (κ2) is 7.13. The number of rotatable bonds is 3. The molecule has 1 aromatic heterocycles. The summed E-state index contributed by atoms with van der Waals surface area (Å²) in [7, 11) is 1.30.